The summed E-state index contributed by atoms with van der Waals surface area (Å²) in [5.41, 5.74) is -0.218. The van der Waals surface area contributed by atoms with Gasteiger partial charge in [-0.25, -0.2) is 0 Å². The SMILES string of the molecule is COC(C)(C)Cc1nnc(CCl)n1C. The van der Waals surface area contributed by atoms with Gasteiger partial charge in [0.25, 0.3) is 0 Å². The Kier molecular flexibility index (Phi) is 3.50. The minimum absolute atomic E-state index is 0.218. The molecule has 0 aliphatic rings. The second-order valence-electron chi connectivity index (χ2n) is 3.87. The van der Waals surface area contributed by atoms with E-state index in [-0.39, 0.29) is 5.60 Å². The summed E-state index contributed by atoms with van der Waals surface area (Å²) in [5, 5.41) is 8.05. The molecule has 0 aliphatic carbocycles. The molecule has 5 heteroatoms. The van der Waals surface area contributed by atoms with E-state index in [2.05, 4.69) is 10.2 Å². The number of ether oxygens (including phenoxy) is 1. The van der Waals surface area contributed by atoms with E-state index in [1.807, 2.05) is 25.5 Å². The Bertz CT molecular complexity index is 309. The van der Waals surface area contributed by atoms with Crippen LogP contribution in [0.1, 0.15) is 25.5 Å². The van der Waals surface area contributed by atoms with Crippen LogP contribution >= 0.6 is 11.6 Å². The van der Waals surface area contributed by atoms with Gasteiger partial charge in [0.1, 0.15) is 11.6 Å². The highest BCUT2D eigenvalue weighted by molar-refractivity contribution is 6.16. The molecule has 0 bridgehead atoms. The van der Waals surface area contributed by atoms with Crippen LogP contribution in [0, 0.1) is 0 Å². The van der Waals surface area contributed by atoms with Crippen LogP contribution in [0.25, 0.3) is 0 Å². The highest BCUT2D eigenvalue weighted by Gasteiger charge is 2.21. The van der Waals surface area contributed by atoms with Gasteiger partial charge in [-0.05, 0) is 13.8 Å². The van der Waals surface area contributed by atoms with Gasteiger partial charge < -0.3 is 9.30 Å². The summed E-state index contributed by atoms with van der Waals surface area (Å²) < 4.78 is 7.24. The van der Waals surface area contributed by atoms with Crippen molar-refractivity contribution in [1.29, 1.82) is 0 Å². The summed E-state index contributed by atoms with van der Waals surface area (Å²) in [6.07, 6.45) is 0.726. The fourth-order valence-corrected chi connectivity index (χ4v) is 1.35. The normalized spacial score (nSPS) is 12.1. The van der Waals surface area contributed by atoms with Crippen LogP contribution < -0.4 is 0 Å². The van der Waals surface area contributed by atoms with Crippen LogP contribution in [0.3, 0.4) is 0 Å². The molecule has 0 fully saturated rings. The first-order valence-corrected chi connectivity index (χ1v) is 5.02. The lowest BCUT2D eigenvalue weighted by Crippen LogP contribution is -2.27. The molecule has 0 radical (unpaired) electrons. The maximum absolute atomic E-state index is 5.70. The largest absolute Gasteiger partial charge is 0.378 e. The van der Waals surface area contributed by atoms with Gasteiger partial charge in [-0.1, -0.05) is 0 Å². The molecule has 1 heterocycles. The van der Waals surface area contributed by atoms with E-state index in [0.29, 0.717) is 5.88 Å². The summed E-state index contributed by atoms with van der Waals surface area (Å²) in [7, 11) is 3.61. The Morgan fingerprint density at radius 1 is 1.36 bits per heavy atom. The Morgan fingerprint density at radius 2 is 1.93 bits per heavy atom. The van der Waals surface area contributed by atoms with Gasteiger partial charge in [-0.2, -0.15) is 0 Å². The topological polar surface area (TPSA) is 39.9 Å². The van der Waals surface area contributed by atoms with E-state index in [1.54, 1.807) is 7.11 Å². The Hall–Kier alpha value is -0.610. The molecule has 4 nitrogen and oxygen atoms in total. The van der Waals surface area contributed by atoms with Crippen molar-refractivity contribution in [2.75, 3.05) is 7.11 Å². The van der Waals surface area contributed by atoms with Crippen LogP contribution in [0.5, 0.6) is 0 Å². The summed E-state index contributed by atoms with van der Waals surface area (Å²) in [6, 6.07) is 0. The average molecular weight is 218 g/mol. The molecular weight excluding hydrogens is 202 g/mol. The number of alkyl halides is 1. The Morgan fingerprint density at radius 3 is 2.36 bits per heavy atom. The van der Waals surface area contributed by atoms with Crippen molar-refractivity contribution < 1.29 is 4.74 Å². The zero-order valence-electron chi connectivity index (χ0n) is 9.04. The summed E-state index contributed by atoms with van der Waals surface area (Å²) in [6.45, 7) is 4.03. The predicted octanol–water partition coefficient (Wildman–Crippen LogP) is 1.52. The first-order chi connectivity index (χ1) is 6.50. The molecule has 0 atom stereocenters. The molecule has 0 unspecified atom stereocenters. The van der Waals surface area contributed by atoms with E-state index in [1.165, 1.54) is 0 Å². The second-order valence-corrected chi connectivity index (χ2v) is 4.13. The number of aromatic nitrogens is 3. The third kappa shape index (κ3) is 2.45. The highest BCUT2D eigenvalue weighted by Crippen LogP contribution is 2.15. The van der Waals surface area contributed by atoms with Crippen LogP contribution in [0.15, 0.2) is 0 Å². The Balaban J connectivity index is 2.82. The number of rotatable bonds is 4. The average Bonchev–Trinajstić information content (AvgIpc) is 2.47. The zero-order valence-corrected chi connectivity index (χ0v) is 9.80. The molecule has 0 aliphatic heterocycles. The van der Waals surface area contributed by atoms with E-state index in [9.17, 15) is 0 Å². The maximum atomic E-state index is 5.70. The lowest BCUT2D eigenvalue weighted by atomic mass is 10.1. The molecule has 1 aromatic heterocycles. The number of hydrogen-bond acceptors (Lipinski definition) is 3. The monoisotopic (exact) mass is 217 g/mol. The molecule has 1 rings (SSSR count). The minimum Gasteiger partial charge on any atom is -0.378 e. The molecule has 0 N–H and O–H groups in total. The number of halogens is 1. The molecule has 0 saturated carbocycles. The van der Waals surface area contributed by atoms with Gasteiger partial charge in [0.05, 0.1) is 11.5 Å². The van der Waals surface area contributed by atoms with E-state index >= 15 is 0 Å². The Labute approximate surface area is 89.2 Å². The van der Waals surface area contributed by atoms with Crippen LogP contribution in [0.2, 0.25) is 0 Å². The first kappa shape index (κ1) is 11.5. The van der Waals surface area contributed by atoms with Gasteiger partial charge in [-0.3, -0.25) is 0 Å². The van der Waals surface area contributed by atoms with Gasteiger partial charge in [0, 0.05) is 20.6 Å². The number of methoxy groups -OCH3 is 1. The predicted molar refractivity (Wildman–Crippen MR) is 55.4 cm³/mol. The van der Waals surface area contributed by atoms with Gasteiger partial charge in [0.2, 0.25) is 0 Å². The van der Waals surface area contributed by atoms with Gasteiger partial charge >= 0.3 is 0 Å². The van der Waals surface area contributed by atoms with E-state index < -0.39 is 0 Å². The molecule has 0 spiro atoms. The molecule has 0 saturated heterocycles. The fourth-order valence-electron chi connectivity index (χ4n) is 1.12. The molecule has 0 amide bonds. The van der Waals surface area contributed by atoms with Crippen molar-refractivity contribution >= 4 is 11.6 Å². The zero-order chi connectivity index (χ0) is 10.8. The lowest BCUT2D eigenvalue weighted by Gasteiger charge is -2.21. The third-order valence-electron chi connectivity index (χ3n) is 2.31. The van der Waals surface area contributed by atoms with Crippen molar-refractivity contribution in [2.45, 2.75) is 31.7 Å². The van der Waals surface area contributed by atoms with E-state index in [0.717, 1.165) is 18.1 Å². The molecule has 14 heavy (non-hydrogen) atoms. The lowest BCUT2D eigenvalue weighted by molar-refractivity contribution is 0.0210. The van der Waals surface area contributed by atoms with Gasteiger partial charge in [-0.15, -0.1) is 21.8 Å². The summed E-state index contributed by atoms with van der Waals surface area (Å²) >= 11 is 5.70. The summed E-state index contributed by atoms with van der Waals surface area (Å²) in [4.78, 5) is 0. The second kappa shape index (κ2) is 4.28. The molecule has 0 aromatic carbocycles. The quantitative estimate of drug-likeness (QED) is 0.718. The first-order valence-electron chi connectivity index (χ1n) is 4.48. The minimum atomic E-state index is -0.218. The summed E-state index contributed by atoms with van der Waals surface area (Å²) in [5.74, 6) is 2.07. The highest BCUT2D eigenvalue weighted by atomic mass is 35.5. The number of nitrogens with zero attached hydrogens (tertiary/aromatic N) is 3. The van der Waals surface area contributed by atoms with Crippen molar-refractivity contribution in [3.05, 3.63) is 11.6 Å². The van der Waals surface area contributed by atoms with Crippen LogP contribution in [-0.4, -0.2) is 27.5 Å². The fraction of sp³-hybridized carbons (Fsp3) is 0.778. The van der Waals surface area contributed by atoms with Crippen LogP contribution in [0.4, 0.5) is 0 Å². The molecule has 80 valence electrons. The van der Waals surface area contributed by atoms with Crippen molar-refractivity contribution in [3.63, 3.8) is 0 Å². The van der Waals surface area contributed by atoms with E-state index in [4.69, 9.17) is 16.3 Å². The maximum Gasteiger partial charge on any atom is 0.147 e. The third-order valence-corrected chi connectivity index (χ3v) is 2.55. The van der Waals surface area contributed by atoms with Crippen molar-refractivity contribution in [3.8, 4) is 0 Å². The van der Waals surface area contributed by atoms with Crippen molar-refractivity contribution in [1.82, 2.24) is 14.8 Å². The molecular formula is C9H16ClN3O. The smallest absolute Gasteiger partial charge is 0.147 e. The van der Waals surface area contributed by atoms with Crippen molar-refractivity contribution in [2.24, 2.45) is 7.05 Å². The number of hydrogen-bond donors (Lipinski definition) is 0. The standard InChI is InChI=1S/C9H16ClN3O/c1-9(2,14-4)5-7-11-12-8(6-10)13(7)3/h5-6H2,1-4H3. The molecule has 1 aromatic rings. The van der Waals surface area contributed by atoms with Gasteiger partial charge in [0.15, 0.2) is 0 Å². The van der Waals surface area contributed by atoms with Crippen LogP contribution in [-0.2, 0) is 24.1 Å².